The van der Waals surface area contributed by atoms with Crippen LogP contribution in [0.4, 0.5) is 0 Å². The summed E-state index contributed by atoms with van der Waals surface area (Å²) in [6, 6.07) is 10.5. The first kappa shape index (κ1) is 23.8. The van der Waals surface area contributed by atoms with Crippen LogP contribution >= 0.6 is 11.3 Å². The van der Waals surface area contributed by atoms with Crippen LogP contribution in [-0.4, -0.2) is 72.4 Å². The van der Waals surface area contributed by atoms with Gasteiger partial charge in [-0.2, -0.15) is 0 Å². The molecule has 0 N–H and O–H groups in total. The van der Waals surface area contributed by atoms with Crippen molar-refractivity contribution in [2.45, 2.75) is 46.2 Å². The Morgan fingerprint density at radius 3 is 2.45 bits per heavy atom. The number of hydrogen-bond donors (Lipinski definition) is 0. The average molecular weight is 470 g/mol. The van der Waals surface area contributed by atoms with Crippen molar-refractivity contribution >= 4 is 23.2 Å². The molecule has 2 aliphatic heterocycles. The van der Waals surface area contributed by atoms with Crippen molar-refractivity contribution < 1.29 is 14.3 Å². The molecule has 0 bridgehead atoms. The maximum atomic E-state index is 13.4. The van der Waals surface area contributed by atoms with Crippen LogP contribution in [0, 0.1) is 5.41 Å². The zero-order valence-corrected chi connectivity index (χ0v) is 21.2. The van der Waals surface area contributed by atoms with Crippen molar-refractivity contribution in [2.24, 2.45) is 5.41 Å². The maximum absolute atomic E-state index is 13.4. The lowest BCUT2D eigenvalue weighted by molar-refractivity contribution is -0.148. The summed E-state index contributed by atoms with van der Waals surface area (Å²) < 4.78 is 5.34. The van der Waals surface area contributed by atoms with Crippen LogP contribution in [0.15, 0.2) is 35.7 Å². The zero-order chi connectivity index (χ0) is 23.8. The van der Waals surface area contributed by atoms with Crippen molar-refractivity contribution in [1.82, 2.24) is 14.7 Å². The Morgan fingerprint density at radius 2 is 1.82 bits per heavy atom. The van der Waals surface area contributed by atoms with Crippen molar-refractivity contribution in [1.29, 1.82) is 0 Å². The van der Waals surface area contributed by atoms with Gasteiger partial charge in [0.1, 0.15) is 5.75 Å². The summed E-state index contributed by atoms with van der Waals surface area (Å²) in [6.07, 6.45) is 0.969. The predicted molar refractivity (Wildman–Crippen MR) is 132 cm³/mol. The molecule has 2 unspecified atom stereocenters. The summed E-state index contributed by atoms with van der Waals surface area (Å²) in [5.74, 6) is 1.13. The second kappa shape index (κ2) is 9.47. The Kier molecular flexibility index (Phi) is 6.82. The van der Waals surface area contributed by atoms with Gasteiger partial charge in [-0.25, -0.2) is 0 Å². The third kappa shape index (κ3) is 4.94. The van der Waals surface area contributed by atoms with Gasteiger partial charge in [-0.3, -0.25) is 14.5 Å². The number of nitrogens with zero attached hydrogens (tertiary/aromatic N) is 3. The van der Waals surface area contributed by atoms with E-state index in [4.69, 9.17) is 4.74 Å². The van der Waals surface area contributed by atoms with Crippen molar-refractivity contribution in [2.75, 3.05) is 39.8 Å². The number of ether oxygens (including phenoxy) is 1. The first-order valence-corrected chi connectivity index (χ1v) is 12.6. The van der Waals surface area contributed by atoms with Gasteiger partial charge in [-0.15, -0.1) is 11.3 Å². The molecule has 1 aromatic heterocycles. The van der Waals surface area contributed by atoms with Gasteiger partial charge in [0.25, 0.3) is 0 Å². The van der Waals surface area contributed by atoms with E-state index < -0.39 is 5.41 Å². The van der Waals surface area contributed by atoms with E-state index in [9.17, 15) is 9.59 Å². The number of piperazine rings is 1. The number of rotatable bonds is 4. The first-order chi connectivity index (χ1) is 15.7. The molecule has 2 amide bonds. The fourth-order valence-electron chi connectivity index (χ4n) is 4.91. The molecular formula is C26H35N3O3S. The molecule has 178 valence electrons. The van der Waals surface area contributed by atoms with E-state index >= 15 is 0 Å². The van der Waals surface area contributed by atoms with E-state index in [-0.39, 0.29) is 23.9 Å². The van der Waals surface area contributed by atoms with E-state index in [1.165, 1.54) is 16.0 Å². The van der Waals surface area contributed by atoms with Crippen LogP contribution in [0.1, 0.15) is 49.7 Å². The first-order valence-electron chi connectivity index (χ1n) is 11.7. The van der Waals surface area contributed by atoms with Crippen LogP contribution in [0.5, 0.6) is 5.75 Å². The molecule has 1 saturated heterocycles. The van der Waals surface area contributed by atoms with Crippen LogP contribution < -0.4 is 4.74 Å². The van der Waals surface area contributed by atoms with Gasteiger partial charge >= 0.3 is 0 Å². The summed E-state index contributed by atoms with van der Waals surface area (Å²) in [4.78, 5) is 33.7. The van der Waals surface area contributed by atoms with Crippen LogP contribution in [-0.2, 0) is 16.0 Å². The minimum atomic E-state index is -0.405. The lowest BCUT2D eigenvalue weighted by Gasteiger charge is -2.43. The highest BCUT2D eigenvalue weighted by atomic mass is 32.1. The van der Waals surface area contributed by atoms with Crippen molar-refractivity contribution in [3.05, 3.63) is 51.7 Å². The average Bonchev–Trinajstić information content (AvgIpc) is 3.26. The van der Waals surface area contributed by atoms with Gasteiger partial charge in [-0.05, 0) is 48.1 Å². The number of hydrogen-bond acceptors (Lipinski definition) is 5. The molecule has 6 nitrogen and oxygen atoms in total. The third-order valence-electron chi connectivity index (χ3n) is 6.72. The highest BCUT2D eigenvalue weighted by Crippen LogP contribution is 2.38. The summed E-state index contributed by atoms with van der Waals surface area (Å²) >= 11 is 1.80. The summed E-state index contributed by atoms with van der Waals surface area (Å²) in [5, 5.41) is 2.15. The SMILES string of the molecule is COc1ccc(C2c3ccsc3CCN2CC(=O)N2CCN(C(=O)C(C)(C)C)C(C)C2)cc1. The second-order valence-corrected chi connectivity index (χ2v) is 11.1. The molecule has 2 aliphatic rings. The summed E-state index contributed by atoms with van der Waals surface area (Å²) in [7, 11) is 1.67. The Bertz CT molecular complexity index is 995. The molecule has 3 heterocycles. The minimum absolute atomic E-state index is 0.0247. The molecule has 0 aliphatic carbocycles. The van der Waals surface area contributed by atoms with Crippen LogP contribution in [0.2, 0.25) is 0 Å². The predicted octanol–water partition coefficient (Wildman–Crippen LogP) is 3.81. The number of fused-ring (bicyclic) bond motifs is 1. The van der Waals surface area contributed by atoms with Gasteiger partial charge in [-0.1, -0.05) is 32.9 Å². The molecular weight excluding hydrogens is 434 g/mol. The molecule has 1 aromatic carbocycles. The number of benzene rings is 1. The van der Waals surface area contributed by atoms with E-state index in [1.807, 2.05) is 49.6 Å². The topological polar surface area (TPSA) is 53.1 Å². The fraction of sp³-hybridized carbons (Fsp3) is 0.538. The van der Waals surface area contributed by atoms with Gasteiger partial charge in [0.2, 0.25) is 11.8 Å². The van der Waals surface area contributed by atoms with Crippen LogP contribution in [0.3, 0.4) is 0 Å². The number of carbonyl (C=O) groups is 2. The lowest BCUT2D eigenvalue weighted by atomic mass is 9.93. The highest BCUT2D eigenvalue weighted by Gasteiger charge is 2.36. The normalized spacial score (nSPS) is 21.6. The summed E-state index contributed by atoms with van der Waals surface area (Å²) in [5.41, 5.74) is 2.08. The highest BCUT2D eigenvalue weighted by molar-refractivity contribution is 7.10. The Labute approximate surface area is 201 Å². The maximum Gasteiger partial charge on any atom is 0.236 e. The van der Waals surface area contributed by atoms with E-state index in [1.54, 1.807) is 18.4 Å². The summed E-state index contributed by atoms with van der Waals surface area (Å²) in [6.45, 7) is 10.9. The largest absolute Gasteiger partial charge is 0.497 e. The molecule has 33 heavy (non-hydrogen) atoms. The van der Waals surface area contributed by atoms with Crippen LogP contribution in [0.25, 0.3) is 0 Å². The Balaban J connectivity index is 1.48. The second-order valence-electron chi connectivity index (χ2n) is 10.1. The Hall–Kier alpha value is -2.38. The molecule has 0 spiro atoms. The van der Waals surface area contributed by atoms with Gasteiger partial charge < -0.3 is 14.5 Å². The minimum Gasteiger partial charge on any atom is -0.497 e. The van der Waals surface area contributed by atoms with Crippen molar-refractivity contribution in [3.63, 3.8) is 0 Å². The zero-order valence-electron chi connectivity index (χ0n) is 20.3. The number of methoxy groups -OCH3 is 1. The van der Waals surface area contributed by atoms with Gasteiger partial charge in [0, 0.05) is 42.5 Å². The quantitative estimate of drug-likeness (QED) is 0.683. The number of amides is 2. The number of carbonyl (C=O) groups excluding carboxylic acids is 2. The van der Waals surface area contributed by atoms with Gasteiger partial charge in [0.05, 0.1) is 19.7 Å². The monoisotopic (exact) mass is 469 g/mol. The third-order valence-corrected chi connectivity index (χ3v) is 7.71. The smallest absolute Gasteiger partial charge is 0.236 e. The van der Waals surface area contributed by atoms with E-state index in [2.05, 4.69) is 28.5 Å². The molecule has 1 fully saturated rings. The Morgan fingerprint density at radius 1 is 1.09 bits per heavy atom. The van der Waals surface area contributed by atoms with E-state index in [0.717, 1.165) is 18.7 Å². The van der Waals surface area contributed by atoms with Gasteiger partial charge in [0.15, 0.2) is 0 Å². The fourth-order valence-corrected chi connectivity index (χ4v) is 5.81. The molecule has 0 radical (unpaired) electrons. The lowest BCUT2D eigenvalue weighted by Crippen LogP contribution is -2.58. The van der Waals surface area contributed by atoms with Crippen molar-refractivity contribution in [3.8, 4) is 5.75 Å². The molecule has 2 aromatic rings. The standard InChI is InChI=1S/C26H35N3O3S/c1-18-16-27(13-14-29(18)25(31)26(2,3)4)23(30)17-28-12-10-22-21(11-15-33-22)24(28)19-6-8-20(32-5)9-7-19/h6-9,11,15,18,24H,10,12-14,16-17H2,1-5H3. The number of thiophene rings is 1. The molecule has 7 heteroatoms. The van der Waals surface area contributed by atoms with E-state index in [0.29, 0.717) is 26.2 Å². The molecule has 2 atom stereocenters. The molecule has 4 rings (SSSR count). The molecule has 0 saturated carbocycles.